The van der Waals surface area contributed by atoms with Gasteiger partial charge in [0.2, 0.25) is 0 Å². The molecule has 25 heavy (non-hydrogen) atoms. The van der Waals surface area contributed by atoms with Crippen LogP contribution in [0, 0.1) is 0 Å². The van der Waals surface area contributed by atoms with Gasteiger partial charge >= 0.3 is 0 Å². The van der Waals surface area contributed by atoms with Gasteiger partial charge in [-0.1, -0.05) is 6.07 Å². The first-order valence-electron chi connectivity index (χ1n) is 7.83. The van der Waals surface area contributed by atoms with Crippen molar-refractivity contribution in [1.82, 2.24) is 9.97 Å². The number of hydrogen-bond acceptors (Lipinski definition) is 6. The number of aromatic nitrogens is 2. The smallest absolute Gasteiger partial charge is 0.161 e. The van der Waals surface area contributed by atoms with Crippen molar-refractivity contribution in [1.29, 1.82) is 0 Å². The van der Waals surface area contributed by atoms with Crippen molar-refractivity contribution in [2.75, 3.05) is 19.5 Å². The van der Waals surface area contributed by atoms with Gasteiger partial charge < -0.3 is 14.8 Å². The van der Waals surface area contributed by atoms with Crippen molar-refractivity contribution >= 4 is 22.5 Å². The maximum Gasteiger partial charge on any atom is 0.161 e. The van der Waals surface area contributed by atoms with Gasteiger partial charge in [0.15, 0.2) is 5.78 Å². The number of ketones is 1. The van der Waals surface area contributed by atoms with E-state index in [1.807, 2.05) is 30.3 Å². The first-order valence-corrected chi connectivity index (χ1v) is 7.83. The van der Waals surface area contributed by atoms with Crippen LogP contribution in [-0.4, -0.2) is 30.0 Å². The van der Waals surface area contributed by atoms with Crippen LogP contribution in [0.25, 0.3) is 10.9 Å². The number of carbonyl (C=O) groups excluding carboxylic acids is 1. The molecule has 0 fully saturated rings. The summed E-state index contributed by atoms with van der Waals surface area (Å²) < 4.78 is 10.6. The highest BCUT2D eigenvalue weighted by Gasteiger charge is 2.10. The summed E-state index contributed by atoms with van der Waals surface area (Å²) in [4.78, 5) is 20.4. The minimum absolute atomic E-state index is 0.0206. The normalized spacial score (nSPS) is 10.5. The third-order valence-corrected chi connectivity index (χ3v) is 3.92. The highest BCUT2D eigenvalue weighted by Crippen LogP contribution is 2.25. The number of nitrogens with one attached hydrogen (secondary N) is 1. The van der Waals surface area contributed by atoms with E-state index >= 15 is 0 Å². The molecule has 0 aliphatic carbocycles. The van der Waals surface area contributed by atoms with Crippen molar-refractivity contribution in [2.45, 2.75) is 13.5 Å². The standard InChI is InChI=1S/C19H19N3O3/c1-12(23)16-5-4-6-17-18(16)21-11-22-19(17)20-10-13-7-14(24-2)9-15(8-13)25-3/h4-9,11H,10H2,1-3H3,(H,20,21,22). The van der Waals surface area contributed by atoms with Gasteiger partial charge in [0.25, 0.3) is 0 Å². The number of para-hydroxylation sites is 1. The molecule has 3 aromatic rings. The fourth-order valence-electron chi connectivity index (χ4n) is 2.67. The molecule has 6 nitrogen and oxygen atoms in total. The Hall–Kier alpha value is -3.15. The molecule has 0 unspecified atom stereocenters. The van der Waals surface area contributed by atoms with Crippen LogP contribution in [0.1, 0.15) is 22.8 Å². The van der Waals surface area contributed by atoms with Gasteiger partial charge in [-0.25, -0.2) is 9.97 Å². The molecule has 2 aromatic carbocycles. The second-order valence-electron chi connectivity index (χ2n) is 5.55. The van der Waals surface area contributed by atoms with E-state index in [4.69, 9.17) is 9.47 Å². The Morgan fingerprint density at radius 3 is 2.44 bits per heavy atom. The number of rotatable bonds is 6. The summed E-state index contributed by atoms with van der Waals surface area (Å²) >= 11 is 0. The van der Waals surface area contributed by atoms with Crippen LogP contribution in [0.15, 0.2) is 42.7 Å². The van der Waals surface area contributed by atoms with E-state index in [1.165, 1.54) is 13.3 Å². The minimum atomic E-state index is -0.0206. The highest BCUT2D eigenvalue weighted by atomic mass is 16.5. The second kappa shape index (κ2) is 7.17. The predicted octanol–water partition coefficient (Wildman–Crippen LogP) is 3.46. The number of fused-ring (bicyclic) bond motifs is 1. The van der Waals surface area contributed by atoms with E-state index in [-0.39, 0.29) is 5.78 Å². The van der Waals surface area contributed by atoms with Crippen LogP contribution in [0.2, 0.25) is 0 Å². The molecule has 0 aliphatic heterocycles. The van der Waals surface area contributed by atoms with Gasteiger partial charge in [0, 0.05) is 23.6 Å². The zero-order chi connectivity index (χ0) is 17.8. The first kappa shape index (κ1) is 16.7. The maximum atomic E-state index is 11.8. The molecule has 0 saturated carbocycles. The maximum absolute atomic E-state index is 11.8. The molecule has 6 heteroatoms. The fourth-order valence-corrected chi connectivity index (χ4v) is 2.67. The molecular weight excluding hydrogens is 318 g/mol. The lowest BCUT2D eigenvalue weighted by Crippen LogP contribution is -2.04. The lowest BCUT2D eigenvalue weighted by atomic mass is 10.1. The topological polar surface area (TPSA) is 73.3 Å². The number of benzene rings is 2. The van der Waals surface area contributed by atoms with E-state index in [0.717, 1.165) is 22.4 Å². The summed E-state index contributed by atoms with van der Waals surface area (Å²) in [6.07, 6.45) is 1.46. The number of methoxy groups -OCH3 is 2. The van der Waals surface area contributed by atoms with Crippen molar-refractivity contribution in [2.24, 2.45) is 0 Å². The third kappa shape index (κ3) is 3.52. The molecule has 0 amide bonds. The van der Waals surface area contributed by atoms with Crippen LogP contribution in [0.4, 0.5) is 5.82 Å². The van der Waals surface area contributed by atoms with Crippen LogP contribution in [0.5, 0.6) is 11.5 Å². The van der Waals surface area contributed by atoms with Crippen molar-refractivity contribution in [3.8, 4) is 11.5 Å². The van der Waals surface area contributed by atoms with Crippen molar-refractivity contribution < 1.29 is 14.3 Å². The molecular formula is C19H19N3O3. The van der Waals surface area contributed by atoms with Gasteiger partial charge in [-0.3, -0.25) is 4.79 Å². The van der Waals surface area contributed by atoms with Crippen LogP contribution < -0.4 is 14.8 Å². The lowest BCUT2D eigenvalue weighted by molar-refractivity contribution is 0.101. The summed E-state index contributed by atoms with van der Waals surface area (Å²) in [5.74, 6) is 2.10. The molecule has 1 aromatic heterocycles. The number of hydrogen-bond donors (Lipinski definition) is 1. The quantitative estimate of drug-likeness (QED) is 0.695. The number of anilines is 1. The summed E-state index contributed by atoms with van der Waals surface area (Å²) in [6.45, 7) is 2.07. The molecule has 0 bridgehead atoms. The van der Waals surface area contributed by atoms with Gasteiger partial charge in [-0.05, 0) is 36.8 Å². The Kier molecular flexibility index (Phi) is 4.79. The SMILES string of the molecule is COc1cc(CNc2ncnc3c(C(C)=O)cccc23)cc(OC)c1. The number of carbonyl (C=O) groups is 1. The second-order valence-corrected chi connectivity index (χ2v) is 5.55. The van der Waals surface area contributed by atoms with E-state index in [0.29, 0.717) is 23.4 Å². The Morgan fingerprint density at radius 2 is 1.80 bits per heavy atom. The summed E-state index contributed by atoms with van der Waals surface area (Å²) in [6, 6.07) is 11.2. The Balaban J connectivity index is 1.92. The average Bonchev–Trinajstić information content (AvgIpc) is 2.65. The summed E-state index contributed by atoms with van der Waals surface area (Å²) in [5, 5.41) is 4.11. The molecule has 0 spiro atoms. The molecule has 0 aliphatic rings. The lowest BCUT2D eigenvalue weighted by Gasteiger charge is -2.12. The van der Waals surface area contributed by atoms with Crippen LogP contribution in [0.3, 0.4) is 0 Å². The van der Waals surface area contributed by atoms with E-state index in [1.54, 1.807) is 20.3 Å². The monoisotopic (exact) mass is 337 g/mol. The van der Waals surface area contributed by atoms with Gasteiger partial charge in [-0.2, -0.15) is 0 Å². The fraction of sp³-hybridized carbons (Fsp3) is 0.211. The van der Waals surface area contributed by atoms with Gasteiger partial charge in [-0.15, -0.1) is 0 Å². The van der Waals surface area contributed by atoms with Gasteiger partial charge in [0.05, 0.1) is 19.7 Å². The minimum Gasteiger partial charge on any atom is -0.497 e. The Bertz CT molecular complexity index is 903. The molecule has 1 heterocycles. The summed E-state index contributed by atoms with van der Waals surface area (Å²) in [5.41, 5.74) is 2.23. The number of ether oxygens (including phenoxy) is 2. The zero-order valence-corrected chi connectivity index (χ0v) is 14.4. The van der Waals surface area contributed by atoms with Gasteiger partial charge in [0.1, 0.15) is 23.6 Å². The molecule has 1 N–H and O–H groups in total. The van der Waals surface area contributed by atoms with Crippen molar-refractivity contribution in [3.63, 3.8) is 0 Å². The van der Waals surface area contributed by atoms with E-state index in [2.05, 4.69) is 15.3 Å². The third-order valence-electron chi connectivity index (χ3n) is 3.92. The average molecular weight is 337 g/mol. The number of nitrogens with zero attached hydrogens (tertiary/aromatic N) is 2. The highest BCUT2D eigenvalue weighted by molar-refractivity contribution is 6.07. The molecule has 0 atom stereocenters. The summed E-state index contributed by atoms with van der Waals surface area (Å²) in [7, 11) is 3.24. The Morgan fingerprint density at radius 1 is 1.08 bits per heavy atom. The number of Topliss-reactive ketones (excluding diaryl/α,β-unsaturated/α-hetero) is 1. The van der Waals surface area contributed by atoms with E-state index < -0.39 is 0 Å². The zero-order valence-electron chi connectivity index (χ0n) is 14.4. The first-order chi connectivity index (χ1) is 12.1. The molecule has 0 saturated heterocycles. The van der Waals surface area contributed by atoms with Crippen LogP contribution in [-0.2, 0) is 6.54 Å². The Labute approximate surface area is 145 Å². The predicted molar refractivity (Wildman–Crippen MR) is 96.4 cm³/mol. The van der Waals surface area contributed by atoms with Crippen LogP contribution >= 0.6 is 0 Å². The van der Waals surface area contributed by atoms with E-state index in [9.17, 15) is 4.79 Å². The molecule has 0 radical (unpaired) electrons. The molecule has 3 rings (SSSR count). The molecule has 128 valence electrons. The largest absolute Gasteiger partial charge is 0.497 e. The van der Waals surface area contributed by atoms with Crippen molar-refractivity contribution in [3.05, 3.63) is 53.9 Å².